The van der Waals surface area contributed by atoms with Crippen molar-refractivity contribution in [1.82, 2.24) is 4.31 Å². The van der Waals surface area contributed by atoms with Gasteiger partial charge in [-0.25, -0.2) is 12.7 Å². The van der Waals surface area contributed by atoms with Gasteiger partial charge in [-0.05, 0) is 30.9 Å². The summed E-state index contributed by atoms with van der Waals surface area (Å²) in [5, 5.41) is 10.0. The molecule has 2 aliphatic rings. The summed E-state index contributed by atoms with van der Waals surface area (Å²) in [7, 11) is -0.353. The number of anilines is 1. The molecule has 116 valence electrons. The lowest BCUT2D eigenvalue weighted by Crippen LogP contribution is -2.28. The third-order valence-electron chi connectivity index (χ3n) is 4.78. The number of nitrogens with zero attached hydrogens (tertiary/aromatic N) is 2. The van der Waals surface area contributed by atoms with E-state index in [1.807, 2.05) is 12.1 Å². The minimum Gasteiger partial charge on any atom is -0.393 e. The van der Waals surface area contributed by atoms with E-state index < -0.39 is 10.0 Å². The van der Waals surface area contributed by atoms with Gasteiger partial charge in [0.25, 0.3) is 0 Å². The molecule has 6 heteroatoms. The van der Waals surface area contributed by atoms with Crippen LogP contribution in [0.15, 0.2) is 29.2 Å². The van der Waals surface area contributed by atoms with Gasteiger partial charge in [-0.15, -0.1) is 0 Å². The highest BCUT2D eigenvalue weighted by molar-refractivity contribution is 7.89. The van der Waals surface area contributed by atoms with E-state index in [4.69, 9.17) is 0 Å². The Morgan fingerprint density at radius 3 is 2.57 bits per heavy atom. The Morgan fingerprint density at radius 1 is 1.19 bits per heavy atom. The van der Waals surface area contributed by atoms with Crippen molar-refractivity contribution in [3.8, 4) is 0 Å². The normalized spacial score (nSPS) is 29.1. The summed E-state index contributed by atoms with van der Waals surface area (Å²) in [4.78, 5) is 2.47. The topological polar surface area (TPSA) is 60.9 Å². The molecule has 0 bridgehead atoms. The molecule has 1 saturated carbocycles. The first kappa shape index (κ1) is 14.8. The summed E-state index contributed by atoms with van der Waals surface area (Å²) < 4.78 is 26.2. The van der Waals surface area contributed by atoms with E-state index in [2.05, 4.69) is 4.90 Å². The van der Waals surface area contributed by atoms with Crippen molar-refractivity contribution in [3.63, 3.8) is 0 Å². The molecular weight excluding hydrogens is 288 g/mol. The third kappa shape index (κ3) is 2.45. The second-order valence-corrected chi connectivity index (χ2v) is 8.35. The largest absolute Gasteiger partial charge is 0.393 e. The Bertz CT molecular complexity index is 630. The molecule has 0 aromatic heterocycles. The van der Waals surface area contributed by atoms with Crippen molar-refractivity contribution in [2.45, 2.75) is 23.8 Å². The van der Waals surface area contributed by atoms with Crippen molar-refractivity contribution in [2.24, 2.45) is 11.8 Å². The van der Waals surface area contributed by atoms with Gasteiger partial charge in [-0.1, -0.05) is 12.1 Å². The van der Waals surface area contributed by atoms with E-state index in [0.717, 1.165) is 31.6 Å². The van der Waals surface area contributed by atoms with Crippen molar-refractivity contribution in [3.05, 3.63) is 24.3 Å². The zero-order valence-electron chi connectivity index (χ0n) is 12.4. The number of sulfonamides is 1. The first-order valence-electron chi connectivity index (χ1n) is 7.36. The average molecular weight is 310 g/mol. The molecule has 3 unspecified atom stereocenters. The molecule has 5 nitrogen and oxygen atoms in total. The van der Waals surface area contributed by atoms with Gasteiger partial charge < -0.3 is 10.0 Å². The predicted molar refractivity (Wildman–Crippen MR) is 81.7 cm³/mol. The van der Waals surface area contributed by atoms with Crippen LogP contribution in [0, 0.1) is 11.8 Å². The van der Waals surface area contributed by atoms with Gasteiger partial charge in [-0.2, -0.15) is 0 Å². The first-order chi connectivity index (χ1) is 9.91. The Hall–Kier alpha value is -1.11. The van der Waals surface area contributed by atoms with Crippen LogP contribution in [0.1, 0.15) is 12.8 Å². The zero-order valence-corrected chi connectivity index (χ0v) is 13.3. The molecular formula is C15H22N2O3S. The summed E-state index contributed by atoms with van der Waals surface area (Å²) in [5.41, 5.74) is 0.757. The number of fused-ring (bicyclic) bond motifs is 1. The summed E-state index contributed by atoms with van der Waals surface area (Å²) in [6.45, 7) is 1.58. The molecule has 1 aromatic rings. The molecule has 21 heavy (non-hydrogen) atoms. The summed E-state index contributed by atoms with van der Waals surface area (Å²) in [6, 6.07) is 7.15. The molecule has 0 radical (unpaired) electrons. The van der Waals surface area contributed by atoms with Crippen LogP contribution in [0.25, 0.3) is 0 Å². The molecule has 1 saturated heterocycles. The number of hydrogen-bond acceptors (Lipinski definition) is 4. The number of hydrogen-bond donors (Lipinski definition) is 1. The van der Waals surface area contributed by atoms with Gasteiger partial charge >= 0.3 is 0 Å². The maximum atomic E-state index is 12.5. The van der Waals surface area contributed by atoms with E-state index in [1.54, 1.807) is 26.2 Å². The molecule has 3 atom stereocenters. The lowest BCUT2D eigenvalue weighted by molar-refractivity contribution is 0.133. The lowest BCUT2D eigenvalue weighted by Gasteiger charge is -2.24. The maximum absolute atomic E-state index is 12.5. The first-order valence-corrected chi connectivity index (χ1v) is 8.80. The summed E-state index contributed by atoms with van der Waals surface area (Å²) in [5.74, 6) is 0.759. The quantitative estimate of drug-likeness (QED) is 0.909. The second kappa shape index (κ2) is 5.26. The van der Waals surface area contributed by atoms with Gasteiger partial charge in [0.2, 0.25) is 10.0 Å². The van der Waals surface area contributed by atoms with E-state index in [-0.39, 0.29) is 12.0 Å². The summed E-state index contributed by atoms with van der Waals surface area (Å²) >= 11 is 0. The van der Waals surface area contributed by atoms with Crippen molar-refractivity contribution < 1.29 is 13.5 Å². The van der Waals surface area contributed by atoms with Crippen LogP contribution < -0.4 is 4.90 Å². The molecule has 1 aromatic carbocycles. The van der Waals surface area contributed by atoms with E-state index in [0.29, 0.717) is 10.8 Å². The van der Waals surface area contributed by atoms with Crippen LogP contribution in [-0.2, 0) is 10.0 Å². The smallest absolute Gasteiger partial charge is 0.244 e. The van der Waals surface area contributed by atoms with Crippen LogP contribution in [-0.4, -0.2) is 51.1 Å². The van der Waals surface area contributed by atoms with E-state index >= 15 is 0 Å². The Labute approximate surface area is 126 Å². The number of benzene rings is 1. The molecule has 1 heterocycles. The zero-order chi connectivity index (χ0) is 15.2. The Balaban J connectivity index is 1.94. The fourth-order valence-corrected chi connectivity index (χ4v) is 4.67. The molecule has 0 spiro atoms. The molecule has 1 aliphatic carbocycles. The fourth-order valence-electron chi connectivity index (χ4n) is 3.57. The second-order valence-electron chi connectivity index (χ2n) is 6.23. The van der Waals surface area contributed by atoms with Gasteiger partial charge in [0.05, 0.1) is 11.8 Å². The van der Waals surface area contributed by atoms with E-state index in [1.165, 1.54) is 4.31 Å². The van der Waals surface area contributed by atoms with E-state index in [9.17, 15) is 13.5 Å². The van der Waals surface area contributed by atoms with Crippen LogP contribution in [0.2, 0.25) is 0 Å². The number of aliphatic hydroxyl groups excluding tert-OH is 1. The highest BCUT2D eigenvalue weighted by atomic mass is 32.2. The molecule has 2 fully saturated rings. The monoisotopic (exact) mass is 310 g/mol. The van der Waals surface area contributed by atoms with Crippen molar-refractivity contribution in [2.75, 3.05) is 32.1 Å². The minimum atomic E-state index is -3.45. The van der Waals surface area contributed by atoms with Crippen LogP contribution in [0.4, 0.5) is 5.69 Å². The van der Waals surface area contributed by atoms with Crippen molar-refractivity contribution >= 4 is 15.7 Å². The van der Waals surface area contributed by atoms with Crippen molar-refractivity contribution in [1.29, 1.82) is 0 Å². The number of para-hydroxylation sites is 1. The molecule has 0 amide bonds. The highest BCUT2D eigenvalue weighted by Crippen LogP contribution is 2.41. The fraction of sp³-hybridized carbons (Fsp3) is 0.600. The number of rotatable bonds is 3. The maximum Gasteiger partial charge on any atom is 0.244 e. The minimum absolute atomic E-state index is 0.238. The number of aliphatic hydroxyl groups is 1. The Morgan fingerprint density at radius 2 is 1.90 bits per heavy atom. The van der Waals surface area contributed by atoms with Gasteiger partial charge in [0.1, 0.15) is 4.90 Å². The van der Waals surface area contributed by atoms with Gasteiger partial charge in [0, 0.05) is 33.1 Å². The lowest BCUT2D eigenvalue weighted by atomic mass is 10.00. The van der Waals surface area contributed by atoms with Crippen LogP contribution in [0.3, 0.4) is 0 Å². The molecule has 1 N–H and O–H groups in total. The Kier molecular flexibility index (Phi) is 3.71. The molecule has 1 aliphatic heterocycles. The molecule has 3 rings (SSSR count). The van der Waals surface area contributed by atoms with Crippen LogP contribution in [0.5, 0.6) is 0 Å². The van der Waals surface area contributed by atoms with Gasteiger partial charge in [0.15, 0.2) is 0 Å². The highest BCUT2D eigenvalue weighted by Gasteiger charge is 2.42. The standard InChI is InChI=1S/C15H22N2O3S/c1-16(2)21(19,20)15-6-4-3-5-13(15)17-9-11-7-8-14(18)12(11)10-17/h3-6,11-12,14,18H,7-10H2,1-2H3. The predicted octanol–water partition coefficient (Wildman–Crippen LogP) is 1.14. The average Bonchev–Trinajstić information content (AvgIpc) is 3.01. The third-order valence-corrected chi connectivity index (χ3v) is 6.65. The summed E-state index contributed by atoms with van der Waals surface area (Å²) in [6.07, 6.45) is 1.67. The van der Waals surface area contributed by atoms with Gasteiger partial charge in [-0.3, -0.25) is 0 Å². The van der Waals surface area contributed by atoms with Crippen LogP contribution >= 0.6 is 0 Å². The SMILES string of the molecule is CN(C)S(=O)(=O)c1ccccc1N1CC2CCC(O)C2C1.